The lowest BCUT2D eigenvalue weighted by atomic mass is 9.98. The van der Waals surface area contributed by atoms with Crippen molar-refractivity contribution in [3.63, 3.8) is 0 Å². The molecule has 6 nitrogen and oxygen atoms in total. The van der Waals surface area contributed by atoms with Crippen molar-refractivity contribution >= 4 is 23.4 Å². The van der Waals surface area contributed by atoms with E-state index in [-0.39, 0.29) is 17.9 Å². The third kappa shape index (κ3) is 4.11. The van der Waals surface area contributed by atoms with E-state index in [4.69, 9.17) is 10.5 Å². The number of rotatable bonds is 3. The molecule has 0 spiro atoms. The lowest BCUT2D eigenvalue weighted by Crippen LogP contribution is -2.44. The van der Waals surface area contributed by atoms with Crippen LogP contribution in [0.5, 0.6) is 0 Å². The first-order chi connectivity index (χ1) is 10.1. The summed E-state index contributed by atoms with van der Waals surface area (Å²) < 4.78 is 5.03. The molecule has 0 bridgehead atoms. The lowest BCUT2D eigenvalue weighted by Gasteiger charge is -2.31. The molecular formula is C15H21N3O3. The number of hydrogen-bond donors (Lipinski definition) is 2. The van der Waals surface area contributed by atoms with Crippen molar-refractivity contribution in [1.29, 1.82) is 0 Å². The Hall–Kier alpha value is -2.24. The van der Waals surface area contributed by atoms with Gasteiger partial charge in [-0.3, -0.25) is 4.79 Å². The standard InChI is InChI=1S/C15H21N3O3/c1-2-21-14(19)11-4-3-9-18(10-11)15(20)17-13-7-5-12(16)6-8-13/h5-8,11H,2-4,9-10,16H2,1H3,(H,17,20). The minimum absolute atomic E-state index is 0.200. The number of urea groups is 1. The second-order valence-electron chi connectivity index (χ2n) is 5.09. The Morgan fingerprint density at radius 3 is 2.76 bits per heavy atom. The van der Waals surface area contributed by atoms with Crippen molar-refractivity contribution in [2.75, 3.05) is 30.7 Å². The van der Waals surface area contributed by atoms with Crippen LogP contribution in [0.4, 0.5) is 16.2 Å². The topological polar surface area (TPSA) is 84.7 Å². The number of nitrogens with zero attached hydrogens (tertiary/aromatic N) is 1. The molecule has 1 aromatic carbocycles. The zero-order valence-electron chi connectivity index (χ0n) is 12.2. The van der Waals surface area contributed by atoms with Crippen molar-refractivity contribution in [2.24, 2.45) is 5.92 Å². The van der Waals surface area contributed by atoms with Crippen molar-refractivity contribution in [2.45, 2.75) is 19.8 Å². The number of piperidine rings is 1. The number of esters is 1. The van der Waals surface area contributed by atoms with Crippen LogP contribution in [-0.4, -0.2) is 36.6 Å². The van der Waals surface area contributed by atoms with Gasteiger partial charge in [0, 0.05) is 24.5 Å². The number of carbonyl (C=O) groups is 2. The number of ether oxygens (including phenoxy) is 1. The van der Waals surface area contributed by atoms with Crippen LogP contribution in [0.15, 0.2) is 24.3 Å². The number of carbonyl (C=O) groups excluding carboxylic acids is 2. The Morgan fingerprint density at radius 1 is 1.38 bits per heavy atom. The van der Waals surface area contributed by atoms with E-state index >= 15 is 0 Å². The van der Waals surface area contributed by atoms with Gasteiger partial charge in [0.2, 0.25) is 0 Å². The average Bonchev–Trinajstić information content (AvgIpc) is 2.50. The van der Waals surface area contributed by atoms with Crippen molar-refractivity contribution in [3.05, 3.63) is 24.3 Å². The van der Waals surface area contributed by atoms with Crippen LogP contribution in [0.2, 0.25) is 0 Å². The molecule has 21 heavy (non-hydrogen) atoms. The number of nitrogen functional groups attached to an aromatic ring is 1. The van der Waals surface area contributed by atoms with E-state index in [1.54, 1.807) is 36.1 Å². The van der Waals surface area contributed by atoms with Gasteiger partial charge in [-0.05, 0) is 44.0 Å². The number of hydrogen-bond acceptors (Lipinski definition) is 4. The van der Waals surface area contributed by atoms with Gasteiger partial charge in [0.1, 0.15) is 0 Å². The summed E-state index contributed by atoms with van der Waals surface area (Å²) in [5, 5.41) is 2.81. The number of nitrogens with one attached hydrogen (secondary N) is 1. The Morgan fingerprint density at radius 2 is 2.10 bits per heavy atom. The summed E-state index contributed by atoms with van der Waals surface area (Å²) in [6.07, 6.45) is 1.57. The molecule has 1 unspecified atom stereocenters. The smallest absolute Gasteiger partial charge is 0.321 e. The molecule has 0 aromatic heterocycles. The molecule has 1 saturated heterocycles. The highest BCUT2D eigenvalue weighted by atomic mass is 16.5. The van der Waals surface area contributed by atoms with Gasteiger partial charge in [-0.25, -0.2) is 4.79 Å². The number of likely N-dealkylation sites (tertiary alicyclic amines) is 1. The second-order valence-corrected chi connectivity index (χ2v) is 5.09. The zero-order chi connectivity index (χ0) is 15.2. The van der Waals surface area contributed by atoms with Gasteiger partial charge >= 0.3 is 12.0 Å². The molecular weight excluding hydrogens is 270 g/mol. The summed E-state index contributed by atoms with van der Waals surface area (Å²) in [5.41, 5.74) is 6.94. The van der Waals surface area contributed by atoms with Crippen LogP contribution < -0.4 is 11.1 Å². The predicted octanol–water partition coefficient (Wildman–Crippen LogP) is 2.08. The average molecular weight is 291 g/mol. The van der Waals surface area contributed by atoms with Gasteiger partial charge in [-0.15, -0.1) is 0 Å². The molecule has 2 rings (SSSR count). The van der Waals surface area contributed by atoms with Crippen molar-refractivity contribution < 1.29 is 14.3 Å². The van der Waals surface area contributed by atoms with Gasteiger partial charge in [0.15, 0.2) is 0 Å². The molecule has 2 amide bonds. The molecule has 3 N–H and O–H groups in total. The normalized spacial score (nSPS) is 18.1. The van der Waals surface area contributed by atoms with Crippen LogP contribution in [0.1, 0.15) is 19.8 Å². The molecule has 1 aliphatic rings. The minimum Gasteiger partial charge on any atom is -0.466 e. The fourth-order valence-electron chi connectivity index (χ4n) is 2.38. The third-order valence-corrected chi connectivity index (χ3v) is 3.49. The Balaban J connectivity index is 1.92. The van der Waals surface area contributed by atoms with Crippen LogP contribution in [0.25, 0.3) is 0 Å². The number of benzene rings is 1. The SMILES string of the molecule is CCOC(=O)C1CCCN(C(=O)Nc2ccc(N)cc2)C1. The first-order valence-corrected chi connectivity index (χ1v) is 7.18. The summed E-state index contributed by atoms with van der Waals surface area (Å²) in [6.45, 7) is 3.20. The molecule has 6 heteroatoms. The van der Waals surface area contributed by atoms with Gasteiger partial charge in [0.25, 0.3) is 0 Å². The minimum atomic E-state index is -0.226. The summed E-state index contributed by atoms with van der Waals surface area (Å²) >= 11 is 0. The maximum Gasteiger partial charge on any atom is 0.321 e. The highest BCUT2D eigenvalue weighted by Gasteiger charge is 2.29. The van der Waals surface area contributed by atoms with E-state index in [9.17, 15) is 9.59 Å². The van der Waals surface area contributed by atoms with Crippen LogP contribution in [-0.2, 0) is 9.53 Å². The number of nitrogens with two attached hydrogens (primary N) is 1. The van der Waals surface area contributed by atoms with Gasteiger partial charge < -0.3 is 20.7 Å². The zero-order valence-corrected chi connectivity index (χ0v) is 12.2. The lowest BCUT2D eigenvalue weighted by molar-refractivity contribution is -0.149. The van der Waals surface area contributed by atoms with E-state index in [1.807, 2.05) is 0 Å². The quantitative estimate of drug-likeness (QED) is 0.659. The maximum absolute atomic E-state index is 12.2. The van der Waals surface area contributed by atoms with Crippen molar-refractivity contribution in [3.8, 4) is 0 Å². The first kappa shape index (κ1) is 15.2. The molecule has 1 heterocycles. The fraction of sp³-hybridized carbons (Fsp3) is 0.467. The molecule has 1 fully saturated rings. The monoisotopic (exact) mass is 291 g/mol. The number of anilines is 2. The Bertz CT molecular complexity index is 501. The predicted molar refractivity (Wildman–Crippen MR) is 80.8 cm³/mol. The van der Waals surface area contributed by atoms with Gasteiger partial charge in [-0.2, -0.15) is 0 Å². The summed E-state index contributed by atoms with van der Waals surface area (Å²) in [4.78, 5) is 25.6. The molecule has 1 aromatic rings. The highest BCUT2D eigenvalue weighted by Crippen LogP contribution is 2.19. The summed E-state index contributed by atoms with van der Waals surface area (Å²) in [5.74, 6) is -0.446. The molecule has 114 valence electrons. The van der Waals surface area contributed by atoms with E-state index in [0.29, 0.717) is 31.1 Å². The molecule has 0 aliphatic carbocycles. The van der Waals surface area contributed by atoms with Gasteiger partial charge in [0.05, 0.1) is 12.5 Å². The number of amides is 2. The second kappa shape index (κ2) is 6.97. The van der Waals surface area contributed by atoms with Crippen molar-refractivity contribution in [1.82, 2.24) is 4.90 Å². The Labute approximate surface area is 124 Å². The van der Waals surface area contributed by atoms with E-state index in [0.717, 1.165) is 12.8 Å². The molecule has 0 saturated carbocycles. The van der Waals surface area contributed by atoms with Gasteiger partial charge in [-0.1, -0.05) is 0 Å². The fourth-order valence-corrected chi connectivity index (χ4v) is 2.38. The van der Waals surface area contributed by atoms with Crippen LogP contribution in [0, 0.1) is 5.92 Å². The highest BCUT2D eigenvalue weighted by molar-refractivity contribution is 5.90. The third-order valence-electron chi connectivity index (χ3n) is 3.49. The summed E-state index contributed by atoms with van der Waals surface area (Å²) in [7, 11) is 0. The first-order valence-electron chi connectivity index (χ1n) is 7.18. The summed E-state index contributed by atoms with van der Waals surface area (Å²) in [6, 6.07) is 6.76. The van der Waals surface area contributed by atoms with E-state index in [2.05, 4.69) is 5.32 Å². The maximum atomic E-state index is 12.2. The molecule has 1 aliphatic heterocycles. The van der Waals surface area contributed by atoms with Crippen LogP contribution in [0.3, 0.4) is 0 Å². The largest absolute Gasteiger partial charge is 0.466 e. The molecule has 1 atom stereocenters. The van der Waals surface area contributed by atoms with E-state index < -0.39 is 0 Å². The van der Waals surface area contributed by atoms with E-state index in [1.165, 1.54) is 0 Å². The van der Waals surface area contributed by atoms with Crippen LogP contribution >= 0.6 is 0 Å². The Kier molecular flexibility index (Phi) is 5.03. The molecule has 0 radical (unpaired) electrons.